The number of ether oxygens (including phenoxy) is 1. The van der Waals surface area contributed by atoms with Gasteiger partial charge in [0.2, 0.25) is 5.91 Å². The van der Waals surface area contributed by atoms with Gasteiger partial charge in [0, 0.05) is 12.2 Å². The third kappa shape index (κ3) is 6.01. The van der Waals surface area contributed by atoms with Crippen LogP contribution in [0.1, 0.15) is 42.3 Å². The second-order valence-corrected chi connectivity index (χ2v) is 8.86. The number of amides is 1. The summed E-state index contributed by atoms with van der Waals surface area (Å²) in [7, 11) is 0. The molecule has 6 nitrogen and oxygen atoms in total. The first-order valence-electron chi connectivity index (χ1n) is 10.6. The zero-order valence-electron chi connectivity index (χ0n) is 19.1. The minimum absolute atomic E-state index is 0.0800. The monoisotopic (exact) mass is 450 g/mol. The van der Waals surface area contributed by atoms with E-state index in [1.807, 2.05) is 48.7 Å². The highest BCUT2D eigenvalue weighted by Gasteiger charge is 2.15. The highest BCUT2D eigenvalue weighted by molar-refractivity contribution is 7.99. The van der Waals surface area contributed by atoms with E-state index in [0.717, 1.165) is 22.6 Å². The Morgan fingerprint density at radius 2 is 1.84 bits per heavy atom. The zero-order valence-corrected chi connectivity index (χ0v) is 19.9. The van der Waals surface area contributed by atoms with Crippen LogP contribution < -0.4 is 10.1 Å². The number of carbonyl (C=O) groups excluding carboxylic acids is 1. The number of anilines is 1. The lowest BCUT2D eigenvalue weighted by Gasteiger charge is -2.12. The third-order valence-corrected chi connectivity index (χ3v) is 6.06. The van der Waals surface area contributed by atoms with Crippen LogP contribution in [0.25, 0.3) is 0 Å². The van der Waals surface area contributed by atoms with Crippen LogP contribution in [0.2, 0.25) is 0 Å². The molecule has 1 heterocycles. The molecule has 0 saturated heterocycles. The van der Waals surface area contributed by atoms with E-state index in [4.69, 9.17) is 4.74 Å². The number of carbonyl (C=O) groups is 1. The average molecular weight is 451 g/mol. The number of para-hydroxylation sites is 1. The number of thioether (sulfide) groups is 1. The van der Waals surface area contributed by atoms with E-state index in [2.05, 4.69) is 48.1 Å². The fraction of sp³-hybridized carbons (Fsp3) is 0.320. The van der Waals surface area contributed by atoms with E-state index < -0.39 is 0 Å². The Hall–Kier alpha value is -3.06. The zero-order chi connectivity index (χ0) is 23.1. The second kappa shape index (κ2) is 11.0. The summed E-state index contributed by atoms with van der Waals surface area (Å²) in [4.78, 5) is 12.5. The molecule has 0 spiro atoms. The minimum Gasteiger partial charge on any atom is -0.486 e. The molecule has 7 heteroatoms. The van der Waals surface area contributed by atoms with Gasteiger partial charge in [-0.3, -0.25) is 9.36 Å². The fourth-order valence-electron chi connectivity index (χ4n) is 3.26. The van der Waals surface area contributed by atoms with Crippen molar-refractivity contribution in [3.8, 4) is 5.75 Å². The quantitative estimate of drug-likeness (QED) is 0.326. The van der Waals surface area contributed by atoms with Crippen molar-refractivity contribution in [2.24, 2.45) is 0 Å². The number of nitrogens with one attached hydrogen (secondary N) is 1. The molecule has 0 saturated carbocycles. The number of hydrogen-bond donors (Lipinski definition) is 1. The van der Waals surface area contributed by atoms with E-state index in [9.17, 15) is 4.79 Å². The van der Waals surface area contributed by atoms with Gasteiger partial charge in [-0.25, -0.2) is 0 Å². The van der Waals surface area contributed by atoms with Gasteiger partial charge in [0.25, 0.3) is 0 Å². The van der Waals surface area contributed by atoms with Crippen LogP contribution in [0, 0.1) is 13.8 Å². The molecule has 168 valence electrons. The van der Waals surface area contributed by atoms with Crippen LogP contribution in [-0.4, -0.2) is 26.4 Å². The lowest BCUT2D eigenvalue weighted by Crippen LogP contribution is -2.16. The lowest BCUT2D eigenvalue weighted by atomic mass is 10.0. The number of hydrogen-bond acceptors (Lipinski definition) is 5. The molecule has 0 fully saturated rings. The molecule has 1 aromatic heterocycles. The Bertz CT molecular complexity index is 1050. The van der Waals surface area contributed by atoms with Crippen molar-refractivity contribution in [3.63, 3.8) is 0 Å². The standard InChI is InChI=1S/C25H30N4O2S/c1-6-14-29-22(15-31-21-12-10-20(11-13-21)17(2)3)27-28-25(29)32-16-23(30)26-24-18(4)8-7-9-19(24)5/h6-13,17H,1,14-16H2,2-5H3,(H,26,30). The van der Waals surface area contributed by atoms with Crippen LogP contribution in [0.5, 0.6) is 5.75 Å². The molecule has 1 amide bonds. The molecule has 0 radical (unpaired) electrons. The summed E-state index contributed by atoms with van der Waals surface area (Å²) in [6.07, 6.45) is 1.78. The van der Waals surface area contributed by atoms with Crippen molar-refractivity contribution in [1.82, 2.24) is 14.8 Å². The van der Waals surface area contributed by atoms with E-state index >= 15 is 0 Å². The van der Waals surface area contributed by atoms with Crippen molar-refractivity contribution < 1.29 is 9.53 Å². The summed E-state index contributed by atoms with van der Waals surface area (Å²) in [6.45, 7) is 13.0. The molecule has 0 aliphatic rings. The Labute approximate surface area is 194 Å². The van der Waals surface area contributed by atoms with Gasteiger partial charge in [-0.2, -0.15) is 0 Å². The number of aromatic nitrogens is 3. The van der Waals surface area contributed by atoms with Gasteiger partial charge in [-0.1, -0.05) is 62.0 Å². The van der Waals surface area contributed by atoms with Gasteiger partial charge in [0.15, 0.2) is 11.0 Å². The molecule has 0 unspecified atom stereocenters. The largest absolute Gasteiger partial charge is 0.486 e. The first-order valence-corrected chi connectivity index (χ1v) is 11.6. The van der Waals surface area contributed by atoms with Crippen LogP contribution in [0.3, 0.4) is 0 Å². The number of benzene rings is 2. The number of allylic oxidation sites excluding steroid dienone is 1. The topological polar surface area (TPSA) is 69.0 Å². The van der Waals surface area contributed by atoms with Crippen molar-refractivity contribution >= 4 is 23.4 Å². The fourth-order valence-corrected chi connectivity index (χ4v) is 4.03. The first kappa shape index (κ1) is 23.6. The smallest absolute Gasteiger partial charge is 0.234 e. The predicted molar refractivity (Wildman–Crippen MR) is 130 cm³/mol. The second-order valence-electron chi connectivity index (χ2n) is 7.91. The summed E-state index contributed by atoms with van der Waals surface area (Å²) in [6, 6.07) is 14.0. The molecule has 0 aliphatic carbocycles. The maximum absolute atomic E-state index is 12.5. The Morgan fingerprint density at radius 1 is 1.16 bits per heavy atom. The van der Waals surface area contributed by atoms with Gasteiger partial charge in [0.1, 0.15) is 12.4 Å². The third-order valence-electron chi connectivity index (χ3n) is 5.10. The maximum atomic E-state index is 12.5. The van der Waals surface area contributed by atoms with Gasteiger partial charge in [-0.15, -0.1) is 16.8 Å². The van der Waals surface area contributed by atoms with E-state index in [-0.39, 0.29) is 18.3 Å². The molecule has 32 heavy (non-hydrogen) atoms. The molecule has 1 N–H and O–H groups in total. The van der Waals surface area contributed by atoms with Crippen molar-refractivity contribution in [2.45, 2.75) is 51.9 Å². The SMILES string of the molecule is C=CCn1c(COc2ccc(C(C)C)cc2)nnc1SCC(=O)Nc1c(C)cccc1C. The highest BCUT2D eigenvalue weighted by Crippen LogP contribution is 2.23. The van der Waals surface area contributed by atoms with Gasteiger partial charge < -0.3 is 10.1 Å². The average Bonchev–Trinajstić information content (AvgIpc) is 3.15. The predicted octanol–water partition coefficient (Wildman–Crippen LogP) is 5.51. The minimum atomic E-state index is -0.0800. The summed E-state index contributed by atoms with van der Waals surface area (Å²) in [5.41, 5.74) is 4.21. The van der Waals surface area contributed by atoms with Crippen LogP contribution in [-0.2, 0) is 17.9 Å². The maximum Gasteiger partial charge on any atom is 0.234 e. The van der Waals surface area contributed by atoms with E-state index in [1.54, 1.807) is 6.08 Å². The van der Waals surface area contributed by atoms with Crippen LogP contribution >= 0.6 is 11.8 Å². The van der Waals surface area contributed by atoms with E-state index in [0.29, 0.717) is 23.4 Å². The lowest BCUT2D eigenvalue weighted by molar-refractivity contribution is -0.113. The van der Waals surface area contributed by atoms with E-state index in [1.165, 1.54) is 17.3 Å². The van der Waals surface area contributed by atoms with Crippen molar-refractivity contribution in [3.05, 3.63) is 77.6 Å². The molecule has 2 aromatic carbocycles. The molecule has 0 atom stereocenters. The van der Waals surface area contributed by atoms with Gasteiger partial charge >= 0.3 is 0 Å². The summed E-state index contributed by atoms with van der Waals surface area (Å²) in [5, 5.41) is 12.2. The van der Waals surface area contributed by atoms with Crippen molar-refractivity contribution in [2.75, 3.05) is 11.1 Å². The molecular weight excluding hydrogens is 420 g/mol. The Morgan fingerprint density at radius 3 is 2.47 bits per heavy atom. The first-order chi connectivity index (χ1) is 15.4. The number of nitrogens with zero attached hydrogens (tertiary/aromatic N) is 3. The number of aryl methyl sites for hydroxylation is 2. The summed E-state index contributed by atoms with van der Waals surface area (Å²) in [5.74, 6) is 2.11. The summed E-state index contributed by atoms with van der Waals surface area (Å²) >= 11 is 1.35. The van der Waals surface area contributed by atoms with Crippen LogP contribution in [0.15, 0.2) is 60.3 Å². The molecule has 0 bridgehead atoms. The van der Waals surface area contributed by atoms with Gasteiger partial charge in [-0.05, 0) is 48.6 Å². The van der Waals surface area contributed by atoms with Crippen molar-refractivity contribution in [1.29, 1.82) is 0 Å². The van der Waals surface area contributed by atoms with Crippen LogP contribution in [0.4, 0.5) is 5.69 Å². The normalized spacial score (nSPS) is 10.9. The Kier molecular flexibility index (Phi) is 8.11. The number of rotatable bonds is 10. The highest BCUT2D eigenvalue weighted by atomic mass is 32.2. The summed E-state index contributed by atoms with van der Waals surface area (Å²) < 4.78 is 7.83. The Balaban J connectivity index is 1.62. The molecule has 3 aromatic rings. The van der Waals surface area contributed by atoms with Gasteiger partial charge in [0.05, 0.1) is 5.75 Å². The molecule has 3 rings (SSSR count). The molecular formula is C25H30N4O2S. The molecule has 0 aliphatic heterocycles.